The van der Waals surface area contributed by atoms with E-state index in [4.69, 9.17) is 9.47 Å². The third-order valence-corrected chi connectivity index (χ3v) is 6.52. The quantitative estimate of drug-likeness (QED) is 0.422. The van der Waals surface area contributed by atoms with Gasteiger partial charge in [-0.15, -0.1) is 0 Å². The first-order valence-electron chi connectivity index (χ1n) is 11.3. The number of amides is 1. The predicted octanol–water partition coefficient (Wildman–Crippen LogP) is 4.78. The van der Waals surface area contributed by atoms with Crippen molar-refractivity contribution in [2.24, 2.45) is 10.8 Å². The van der Waals surface area contributed by atoms with Crippen molar-refractivity contribution in [1.82, 2.24) is 5.32 Å². The van der Waals surface area contributed by atoms with Crippen molar-refractivity contribution in [2.45, 2.75) is 125 Å². The number of thiol groups is 1. The molecule has 0 saturated carbocycles. The average molecular weight is 474 g/mol. The van der Waals surface area contributed by atoms with E-state index in [0.717, 1.165) is 0 Å². The van der Waals surface area contributed by atoms with Gasteiger partial charge in [0.15, 0.2) is 11.6 Å². The minimum Gasteiger partial charge on any atom is -0.365 e. The maximum Gasteiger partial charge on any atom is 0.223 e. The molecule has 2 unspecified atom stereocenters. The monoisotopic (exact) mass is 473 g/mol. The van der Waals surface area contributed by atoms with Crippen LogP contribution in [0.3, 0.4) is 0 Å². The molecular formula is C25H47NO5S. The Morgan fingerprint density at radius 2 is 1.28 bits per heavy atom. The maximum atomic E-state index is 13.3. The summed E-state index contributed by atoms with van der Waals surface area (Å²) in [6.45, 7) is 23.7. The minimum absolute atomic E-state index is 0.125. The van der Waals surface area contributed by atoms with E-state index in [2.05, 4.69) is 17.9 Å². The van der Waals surface area contributed by atoms with Gasteiger partial charge in [0.25, 0.3) is 0 Å². The molecule has 0 fully saturated rings. The molecule has 7 heteroatoms. The molecule has 0 aromatic heterocycles. The molecule has 6 nitrogen and oxygen atoms in total. The Balaban J connectivity index is 5.86. The van der Waals surface area contributed by atoms with Crippen molar-refractivity contribution in [1.29, 1.82) is 0 Å². The number of carbonyl (C=O) groups excluding carboxylic acids is 3. The number of carbonyl (C=O) groups is 3. The second-order valence-corrected chi connectivity index (χ2v) is 12.7. The number of nitrogens with one attached hydrogen (secondary N) is 1. The SMILES string of the molecule is CC(OC(C)(C)C)C(=O)C(C)(C)C(C)(C)OC(CC(=O)NC(C)(C)CS)C(=O)C(C)(C)C. The molecule has 0 aromatic rings. The fourth-order valence-electron chi connectivity index (χ4n) is 3.20. The molecule has 1 N–H and O–H groups in total. The van der Waals surface area contributed by atoms with E-state index in [1.807, 2.05) is 34.6 Å². The lowest BCUT2D eigenvalue weighted by molar-refractivity contribution is -0.182. The highest BCUT2D eigenvalue weighted by Gasteiger charge is 2.49. The Kier molecular flexibility index (Phi) is 10.3. The first-order valence-corrected chi connectivity index (χ1v) is 12.0. The molecule has 0 bridgehead atoms. The average Bonchev–Trinajstić information content (AvgIpc) is 2.56. The second kappa shape index (κ2) is 10.6. The molecule has 1 amide bonds. The largest absolute Gasteiger partial charge is 0.365 e. The molecular weight excluding hydrogens is 426 g/mol. The smallest absolute Gasteiger partial charge is 0.223 e. The fraction of sp³-hybridized carbons (Fsp3) is 0.880. The van der Waals surface area contributed by atoms with E-state index in [9.17, 15) is 14.4 Å². The van der Waals surface area contributed by atoms with Crippen molar-refractivity contribution in [3.8, 4) is 0 Å². The predicted molar refractivity (Wildman–Crippen MR) is 133 cm³/mol. The summed E-state index contributed by atoms with van der Waals surface area (Å²) in [6.07, 6.45) is -1.77. The van der Waals surface area contributed by atoms with Crippen LogP contribution in [-0.4, -0.2) is 52.2 Å². The normalized spacial score (nSPS) is 15.8. The minimum atomic E-state index is -1.04. The van der Waals surface area contributed by atoms with Crippen molar-refractivity contribution < 1.29 is 23.9 Å². The van der Waals surface area contributed by atoms with Crippen LogP contribution < -0.4 is 5.32 Å². The Bertz CT molecular complexity index is 683. The molecule has 0 aromatic carbocycles. The van der Waals surface area contributed by atoms with E-state index >= 15 is 0 Å². The van der Waals surface area contributed by atoms with Crippen LogP contribution in [-0.2, 0) is 23.9 Å². The zero-order valence-electron chi connectivity index (χ0n) is 22.6. The van der Waals surface area contributed by atoms with Gasteiger partial charge in [0, 0.05) is 16.7 Å². The van der Waals surface area contributed by atoms with E-state index in [0.29, 0.717) is 5.75 Å². The van der Waals surface area contributed by atoms with Gasteiger partial charge in [-0.2, -0.15) is 12.6 Å². The maximum absolute atomic E-state index is 13.3. The number of hydrogen-bond acceptors (Lipinski definition) is 6. The molecule has 0 rings (SSSR count). The Morgan fingerprint density at radius 1 is 0.812 bits per heavy atom. The topological polar surface area (TPSA) is 81.7 Å². The van der Waals surface area contributed by atoms with Crippen LogP contribution in [0.25, 0.3) is 0 Å². The van der Waals surface area contributed by atoms with E-state index in [1.54, 1.807) is 55.4 Å². The van der Waals surface area contributed by atoms with Crippen LogP contribution in [0, 0.1) is 10.8 Å². The third-order valence-electron chi connectivity index (χ3n) is 5.73. The van der Waals surface area contributed by atoms with Crippen LogP contribution in [0.5, 0.6) is 0 Å². The summed E-state index contributed by atoms with van der Waals surface area (Å²) in [5.74, 6) is -0.154. The lowest BCUT2D eigenvalue weighted by Crippen LogP contribution is -2.55. The highest BCUT2D eigenvalue weighted by molar-refractivity contribution is 7.80. The van der Waals surface area contributed by atoms with Gasteiger partial charge in [-0.1, -0.05) is 34.6 Å². The Hall–Kier alpha value is -0.920. The molecule has 0 radical (unpaired) electrons. The van der Waals surface area contributed by atoms with Crippen molar-refractivity contribution in [3.05, 3.63) is 0 Å². The standard InChI is InChI=1S/C25H47NO5S/c1-16(30-22(5,6)7)19(28)24(10,11)25(12,13)31-17(20(29)21(2,3)4)14-18(27)26-23(8,9)15-32/h16-17,32H,14-15H2,1-13H3,(H,26,27). The summed E-state index contributed by atoms with van der Waals surface area (Å²) in [7, 11) is 0. The summed E-state index contributed by atoms with van der Waals surface area (Å²) >= 11 is 4.27. The summed E-state index contributed by atoms with van der Waals surface area (Å²) in [5.41, 5.74) is -3.71. The summed E-state index contributed by atoms with van der Waals surface area (Å²) in [4.78, 5) is 39.2. The van der Waals surface area contributed by atoms with Crippen molar-refractivity contribution in [3.63, 3.8) is 0 Å². The number of ether oxygens (including phenoxy) is 2. The first kappa shape index (κ1) is 31.1. The first-order chi connectivity index (χ1) is 14.0. The van der Waals surface area contributed by atoms with Gasteiger partial charge in [-0.3, -0.25) is 14.4 Å². The fourth-order valence-corrected chi connectivity index (χ4v) is 3.28. The highest BCUT2D eigenvalue weighted by Crippen LogP contribution is 2.39. The molecule has 0 aliphatic heterocycles. The summed E-state index contributed by atoms with van der Waals surface area (Å²) in [6, 6.07) is 0. The zero-order valence-corrected chi connectivity index (χ0v) is 23.5. The number of ketones is 2. The molecule has 0 heterocycles. The molecule has 0 aliphatic carbocycles. The van der Waals surface area contributed by atoms with E-state index in [1.165, 1.54) is 0 Å². The zero-order chi connectivity index (χ0) is 25.9. The number of hydrogen-bond donors (Lipinski definition) is 2. The van der Waals surface area contributed by atoms with Gasteiger partial charge in [0.05, 0.1) is 23.0 Å². The van der Waals surface area contributed by atoms with Gasteiger partial charge in [-0.25, -0.2) is 0 Å². The Labute approximate surface area is 201 Å². The van der Waals surface area contributed by atoms with Gasteiger partial charge in [-0.05, 0) is 55.4 Å². The van der Waals surface area contributed by atoms with Crippen LogP contribution in [0.4, 0.5) is 0 Å². The van der Waals surface area contributed by atoms with Gasteiger partial charge in [0.2, 0.25) is 5.91 Å². The Morgan fingerprint density at radius 3 is 1.66 bits per heavy atom. The summed E-state index contributed by atoms with van der Waals surface area (Å²) < 4.78 is 12.2. The van der Waals surface area contributed by atoms with Gasteiger partial charge >= 0.3 is 0 Å². The molecule has 0 saturated heterocycles. The lowest BCUT2D eigenvalue weighted by atomic mass is 9.71. The van der Waals surface area contributed by atoms with Gasteiger partial charge in [0.1, 0.15) is 12.2 Å². The number of Topliss-reactive ketones (excluding diaryl/α,β-unsaturated/α-hetero) is 2. The van der Waals surface area contributed by atoms with Crippen LogP contribution >= 0.6 is 12.6 Å². The highest BCUT2D eigenvalue weighted by atomic mass is 32.1. The number of rotatable bonds is 11. The van der Waals surface area contributed by atoms with E-state index in [-0.39, 0.29) is 23.9 Å². The summed E-state index contributed by atoms with van der Waals surface area (Å²) in [5, 5.41) is 2.90. The second-order valence-electron chi connectivity index (χ2n) is 12.4. The van der Waals surface area contributed by atoms with Gasteiger partial charge < -0.3 is 14.8 Å². The molecule has 32 heavy (non-hydrogen) atoms. The molecule has 0 aliphatic rings. The van der Waals surface area contributed by atoms with Crippen LogP contribution in [0.1, 0.15) is 96.4 Å². The van der Waals surface area contributed by atoms with E-state index < -0.39 is 39.8 Å². The van der Waals surface area contributed by atoms with Crippen LogP contribution in [0.15, 0.2) is 0 Å². The third kappa shape index (κ3) is 9.14. The van der Waals surface area contributed by atoms with Crippen LogP contribution in [0.2, 0.25) is 0 Å². The van der Waals surface area contributed by atoms with Crippen molar-refractivity contribution in [2.75, 3.05) is 5.75 Å². The molecule has 0 spiro atoms. The lowest BCUT2D eigenvalue weighted by Gasteiger charge is -2.44. The van der Waals surface area contributed by atoms with Crippen molar-refractivity contribution >= 4 is 30.1 Å². The molecule has 188 valence electrons. The molecule has 2 atom stereocenters.